The van der Waals surface area contributed by atoms with Crippen molar-refractivity contribution in [3.05, 3.63) is 11.5 Å². The van der Waals surface area contributed by atoms with Gasteiger partial charge in [-0.15, -0.1) is 0 Å². The van der Waals surface area contributed by atoms with Gasteiger partial charge in [0.25, 0.3) is 0 Å². The molecule has 0 saturated heterocycles. The van der Waals surface area contributed by atoms with Gasteiger partial charge >= 0.3 is 23.5 Å². The predicted octanol–water partition coefficient (Wildman–Crippen LogP) is 4.20. The zero-order valence-electron chi connectivity index (χ0n) is 14.1. The van der Waals surface area contributed by atoms with Crippen LogP contribution in [0.3, 0.4) is 0 Å². The van der Waals surface area contributed by atoms with E-state index in [2.05, 4.69) is 23.0 Å². The molecule has 0 aliphatic rings. The van der Waals surface area contributed by atoms with Crippen LogP contribution in [0.25, 0.3) is 0 Å². The number of unbranched alkanes of at least 4 members (excludes halogenated alkanes) is 1. The number of esters is 2. The number of ether oxygens (including phenoxy) is 2. The third-order valence-electron chi connectivity index (χ3n) is 3.18. The standard InChI is InChI=1S/C16H26O6/c1-6-8-9-11(7-2)10-19-14(17)12-13(22-21-12)15(18)20-16(3,4)5/h11H,6-10H2,1-5H3. The topological polar surface area (TPSA) is 78.9 Å². The van der Waals surface area contributed by atoms with Gasteiger partial charge in [-0.1, -0.05) is 33.1 Å². The predicted molar refractivity (Wildman–Crippen MR) is 79.7 cm³/mol. The van der Waals surface area contributed by atoms with Crippen molar-refractivity contribution in [3.63, 3.8) is 0 Å². The molecule has 1 aromatic rings. The van der Waals surface area contributed by atoms with Crippen LogP contribution in [-0.4, -0.2) is 24.1 Å². The van der Waals surface area contributed by atoms with Gasteiger partial charge in [0, 0.05) is 0 Å². The first-order chi connectivity index (χ1) is 10.3. The van der Waals surface area contributed by atoms with Crippen LogP contribution in [-0.2, 0) is 9.47 Å². The molecule has 0 spiro atoms. The Labute approximate surface area is 131 Å². The normalized spacial score (nSPS) is 13.0. The second kappa shape index (κ2) is 8.06. The minimum atomic E-state index is -0.733. The Balaban J connectivity index is 2.53. The lowest BCUT2D eigenvalue weighted by molar-refractivity contribution is -0.0547. The van der Waals surface area contributed by atoms with Crippen LogP contribution in [0.1, 0.15) is 81.4 Å². The molecule has 1 aromatic heterocycles. The average molecular weight is 314 g/mol. The molecule has 1 atom stereocenters. The molecular formula is C16H26O6. The van der Waals surface area contributed by atoms with Gasteiger partial charge in [-0.3, -0.25) is 9.15 Å². The third kappa shape index (κ3) is 5.58. The molecule has 126 valence electrons. The zero-order chi connectivity index (χ0) is 16.8. The molecular weight excluding hydrogens is 288 g/mol. The molecule has 6 heteroatoms. The maximum Gasteiger partial charge on any atom is 0.384 e. The summed E-state index contributed by atoms with van der Waals surface area (Å²) >= 11 is 0. The Hall–Kier alpha value is -1.72. The van der Waals surface area contributed by atoms with Gasteiger partial charge in [-0.05, 0) is 33.1 Å². The molecule has 0 aliphatic heterocycles. The molecule has 1 rings (SSSR count). The summed E-state index contributed by atoms with van der Waals surface area (Å²) in [5, 5.41) is 0. The Morgan fingerprint density at radius 1 is 1.09 bits per heavy atom. The van der Waals surface area contributed by atoms with Gasteiger partial charge in [0.15, 0.2) is 0 Å². The van der Waals surface area contributed by atoms with Gasteiger partial charge in [-0.2, -0.15) is 0 Å². The summed E-state index contributed by atoms with van der Waals surface area (Å²) in [6.45, 7) is 9.66. The van der Waals surface area contributed by atoms with Gasteiger partial charge in [0.2, 0.25) is 0 Å². The van der Waals surface area contributed by atoms with Gasteiger partial charge in [0.05, 0.1) is 6.61 Å². The van der Waals surface area contributed by atoms with Crippen LogP contribution in [0.5, 0.6) is 0 Å². The average Bonchev–Trinajstić information content (AvgIpc) is 2.35. The quantitative estimate of drug-likeness (QED) is 0.528. The highest BCUT2D eigenvalue weighted by atomic mass is 17.0. The molecule has 0 aromatic carbocycles. The first kappa shape index (κ1) is 18.3. The molecule has 1 heterocycles. The smallest absolute Gasteiger partial charge is 0.384 e. The van der Waals surface area contributed by atoms with Crippen LogP contribution < -0.4 is 0 Å². The van der Waals surface area contributed by atoms with Crippen LogP contribution in [0.4, 0.5) is 0 Å². The van der Waals surface area contributed by atoms with E-state index >= 15 is 0 Å². The van der Waals surface area contributed by atoms with E-state index in [9.17, 15) is 9.59 Å². The minimum absolute atomic E-state index is 0.223. The van der Waals surface area contributed by atoms with E-state index in [-0.39, 0.29) is 11.5 Å². The van der Waals surface area contributed by atoms with Crippen LogP contribution >= 0.6 is 0 Å². The molecule has 0 N–H and O–H groups in total. The van der Waals surface area contributed by atoms with Crippen molar-refractivity contribution in [1.29, 1.82) is 0 Å². The molecule has 0 radical (unpaired) electrons. The fraction of sp³-hybridized carbons (Fsp3) is 0.750. The Morgan fingerprint density at radius 2 is 1.68 bits per heavy atom. The fourth-order valence-electron chi connectivity index (χ4n) is 1.86. The first-order valence-electron chi connectivity index (χ1n) is 7.77. The van der Waals surface area contributed by atoms with E-state index in [1.165, 1.54) is 0 Å². The third-order valence-corrected chi connectivity index (χ3v) is 3.18. The number of carbonyl (C=O) groups is 2. The minimum Gasteiger partial charge on any atom is -0.459 e. The van der Waals surface area contributed by atoms with Gasteiger partial charge < -0.3 is 9.47 Å². The summed E-state index contributed by atoms with van der Waals surface area (Å²) in [6.07, 6.45) is 4.15. The van der Waals surface area contributed by atoms with E-state index in [0.29, 0.717) is 12.5 Å². The van der Waals surface area contributed by atoms with Crippen molar-refractivity contribution in [1.82, 2.24) is 0 Å². The SMILES string of the molecule is CCCCC(CC)COC(=O)c1ooc1C(=O)OC(C)(C)C. The fourth-order valence-corrected chi connectivity index (χ4v) is 1.86. The number of rotatable bonds is 8. The van der Waals surface area contributed by atoms with Crippen LogP contribution in [0.15, 0.2) is 9.15 Å². The maximum atomic E-state index is 11.9. The molecule has 1 unspecified atom stereocenters. The van der Waals surface area contributed by atoms with Crippen molar-refractivity contribution in [2.24, 2.45) is 5.92 Å². The monoisotopic (exact) mass is 314 g/mol. The van der Waals surface area contributed by atoms with E-state index in [0.717, 1.165) is 25.7 Å². The molecule has 22 heavy (non-hydrogen) atoms. The van der Waals surface area contributed by atoms with Crippen LogP contribution in [0.2, 0.25) is 0 Å². The largest absolute Gasteiger partial charge is 0.459 e. The molecule has 0 bridgehead atoms. The van der Waals surface area contributed by atoms with Crippen molar-refractivity contribution in [2.45, 2.75) is 65.9 Å². The van der Waals surface area contributed by atoms with E-state index in [4.69, 9.17) is 9.47 Å². The highest BCUT2D eigenvalue weighted by molar-refractivity contribution is 5.99. The maximum absolute atomic E-state index is 11.9. The Bertz CT molecular complexity index is 477. The summed E-state index contributed by atoms with van der Waals surface area (Å²) < 4.78 is 19.5. The van der Waals surface area contributed by atoms with Crippen molar-refractivity contribution >= 4 is 11.9 Å². The highest BCUT2D eigenvalue weighted by Gasteiger charge is 2.34. The van der Waals surface area contributed by atoms with Crippen molar-refractivity contribution in [3.8, 4) is 0 Å². The Kier molecular flexibility index (Phi) is 6.71. The summed E-state index contributed by atoms with van der Waals surface area (Å²) in [6, 6.07) is 0. The van der Waals surface area contributed by atoms with Crippen molar-refractivity contribution in [2.75, 3.05) is 6.61 Å². The summed E-state index contributed by atoms with van der Waals surface area (Å²) in [4.78, 5) is 23.7. The first-order valence-corrected chi connectivity index (χ1v) is 7.77. The number of carbonyl (C=O) groups excluding carboxylic acids is 2. The van der Waals surface area contributed by atoms with E-state index in [1.807, 2.05) is 0 Å². The molecule has 0 fully saturated rings. The summed E-state index contributed by atoms with van der Waals surface area (Å²) in [5.41, 5.74) is -0.675. The van der Waals surface area contributed by atoms with Gasteiger partial charge in [-0.25, -0.2) is 9.59 Å². The van der Waals surface area contributed by atoms with E-state index < -0.39 is 17.5 Å². The summed E-state index contributed by atoms with van der Waals surface area (Å²) in [7, 11) is 0. The van der Waals surface area contributed by atoms with Crippen molar-refractivity contribution < 1.29 is 28.2 Å². The van der Waals surface area contributed by atoms with E-state index in [1.54, 1.807) is 20.8 Å². The number of hydrogen-bond donors (Lipinski definition) is 0. The van der Waals surface area contributed by atoms with Crippen LogP contribution in [0, 0.1) is 5.92 Å². The molecule has 0 aliphatic carbocycles. The lowest BCUT2D eigenvalue weighted by atomic mass is 10.0. The Morgan fingerprint density at radius 3 is 2.14 bits per heavy atom. The van der Waals surface area contributed by atoms with Gasteiger partial charge in [0.1, 0.15) is 5.60 Å². The molecule has 0 amide bonds. The second-order valence-electron chi connectivity index (χ2n) is 6.34. The lowest BCUT2D eigenvalue weighted by Crippen LogP contribution is -2.26. The summed E-state index contributed by atoms with van der Waals surface area (Å²) in [5.74, 6) is -1.57. The zero-order valence-corrected chi connectivity index (χ0v) is 14.1. The lowest BCUT2D eigenvalue weighted by Gasteiger charge is -2.19. The molecule has 0 saturated carbocycles. The highest BCUT2D eigenvalue weighted by Crippen LogP contribution is 2.21. The number of hydrogen-bond acceptors (Lipinski definition) is 6. The second-order valence-corrected chi connectivity index (χ2v) is 6.34. The molecule has 6 nitrogen and oxygen atoms in total.